The molecule has 0 bridgehead atoms. The van der Waals surface area contributed by atoms with E-state index >= 15 is 0 Å². The van der Waals surface area contributed by atoms with Gasteiger partial charge in [-0.15, -0.1) is 23.5 Å². The van der Waals surface area contributed by atoms with Crippen LogP contribution in [0.15, 0.2) is 18.2 Å². The second kappa shape index (κ2) is 8.27. The monoisotopic (exact) mass is 399 g/mol. The van der Waals surface area contributed by atoms with E-state index in [9.17, 15) is 4.79 Å². The average molecular weight is 400 g/mol. The van der Waals surface area contributed by atoms with Crippen molar-refractivity contribution < 1.29 is 14.0 Å². The predicted octanol–water partition coefficient (Wildman–Crippen LogP) is 6.12. The van der Waals surface area contributed by atoms with Gasteiger partial charge >= 0.3 is 6.09 Å². The Morgan fingerprint density at radius 3 is 2.40 bits per heavy atom. The van der Waals surface area contributed by atoms with Crippen LogP contribution in [0.3, 0.4) is 0 Å². The molecule has 1 aliphatic heterocycles. The highest BCUT2D eigenvalue weighted by Gasteiger charge is 2.24. The highest BCUT2D eigenvalue weighted by atomic mass is 32.2. The van der Waals surface area contributed by atoms with E-state index in [4.69, 9.17) is 9.16 Å². The number of amides is 1. The molecule has 1 aromatic carbocycles. The maximum Gasteiger partial charge on any atom is 0.412 e. The Morgan fingerprint density at radius 1 is 1.20 bits per heavy atom. The SMILES string of the molecule is CC(C)(C)OC(=O)Nc1ccc(O[Si](C)(C)C)cc1C1SCCCS1. The first-order valence-corrected chi connectivity index (χ1v) is 14.1. The molecule has 1 saturated heterocycles. The first kappa shape index (κ1) is 20.5. The van der Waals surface area contributed by atoms with Crippen LogP contribution in [-0.4, -0.2) is 31.5 Å². The third-order valence-corrected chi connectivity index (χ3v) is 6.99. The Balaban J connectivity index is 2.25. The van der Waals surface area contributed by atoms with E-state index in [2.05, 4.69) is 31.0 Å². The summed E-state index contributed by atoms with van der Waals surface area (Å²) in [7, 11) is -1.68. The van der Waals surface area contributed by atoms with E-state index < -0.39 is 20.0 Å². The largest absolute Gasteiger partial charge is 0.544 e. The lowest BCUT2D eigenvalue weighted by molar-refractivity contribution is 0.0636. The number of carbonyl (C=O) groups excluding carboxylic acids is 1. The van der Waals surface area contributed by atoms with Gasteiger partial charge in [0, 0.05) is 11.3 Å². The molecule has 25 heavy (non-hydrogen) atoms. The second-order valence-electron chi connectivity index (χ2n) is 8.02. The van der Waals surface area contributed by atoms with Gasteiger partial charge in [0.1, 0.15) is 11.4 Å². The summed E-state index contributed by atoms with van der Waals surface area (Å²) in [6, 6.07) is 5.96. The molecular formula is C18H29NO3S2Si. The second-order valence-corrected chi connectivity index (χ2v) is 15.2. The number of hydrogen-bond donors (Lipinski definition) is 1. The van der Waals surface area contributed by atoms with Crippen molar-refractivity contribution in [1.82, 2.24) is 0 Å². The summed E-state index contributed by atoms with van der Waals surface area (Å²) < 4.78 is 11.9. The number of nitrogens with one attached hydrogen (secondary N) is 1. The number of benzene rings is 1. The van der Waals surface area contributed by atoms with Crippen molar-refractivity contribution in [2.75, 3.05) is 16.8 Å². The van der Waals surface area contributed by atoms with Crippen LogP contribution in [-0.2, 0) is 4.74 Å². The lowest BCUT2D eigenvalue weighted by atomic mass is 10.2. The molecule has 1 fully saturated rings. The lowest BCUT2D eigenvalue weighted by Gasteiger charge is -2.26. The van der Waals surface area contributed by atoms with Crippen molar-refractivity contribution in [2.45, 2.75) is 57.0 Å². The fraction of sp³-hybridized carbons (Fsp3) is 0.611. The van der Waals surface area contributed by atoms with E-state index in [0.717, 1.165) is 28.5 Å². The van der Waals surface area contributed by atoms with Crippen LogP contribution in [0.4, 0.5) is 10.5 Å². The number of rotatable bonds is 4. The van der Waals surface area contributed by atoms with Crippen molar-refractivity contribution in [1.29, 1.82) is 0 Å². The standard InChI is InChI=1S/C18H29NO3S2Si/c1-18(2,3)21-17(20)19-15-9-8-13(22-25(4,5)6)12-14(15)16-23-10-7-11-24-16/h8-9,12,16H,7,10-11H2,1-6H3,(H,19,20). The van der Waals surface area contributed by atoms with Crippen LogP contribution in [0.2, 0.25) is 19.6 Å². The topological polar surface area (TPSA) is 47.6 Å². The molecule has 0 saturated carbocycles. The highest BCUT2D eigenvalue weighted by molar-refractivity contribution is 8.16. The molecule has 1 aliphatic rings. The van der Waals surface area contributed by atoms with Crippen molar-refractivity contribution in [2.24, 2.45) is 0 Å². The summed E-state index contributed by atoms with van der Waals surface area (Å²) in [4.78, 5) is 12.2. The van der Waals surface area contributed by atoms with Gasteiger partial charge in [-0.2, -0.15) is 0 Å². The number of carbonyl (C=O) groups is 1. The summed E-state index contributed by atoms with van der Waals surface area (Å²) in [5, 5.41) is 2.92. The molecule has 4 nitrogen and oxygen atoms in total. The molecule has 7 heteroatoms. The van der Waals surface area contributed by atoms with Crippen molar-refractivity contribution >= 4 is 43.6 Å². The predicted molar refractivity (Wildman–Crippen MR) is 113 cm³/mol. The first-order valence-electron chi connectivity index (χ1n) is 8.60. The molecule has 1 aromatic rings. The Bertz CT molecular complexity index is 605. The summed E-state index contributed by atoms with van der Waals surface area (Å²) in [6.45, 7) is 12.1. The lowest BCUT2D eigenvalue weighted by Crippen LogP contribution is -2.29. The van der Waals surface area contributed by atoms with E-state index in [1.807, 2.05) is 56.4 Å². The molecule has 0 aliphatic carbocycles. The maximum absolute atomic E-state index is 12.2. The number of hydrogen-bond acceptors (Lipinski definition) is 5. The van der Waals surface area contributed by atoms with Gasteiger partial charge < -0.3 is 9.16 Å². The van der Waals surface area contributed by atoms with Crippen LogP contribution in [0.1, 0.15) is 37.3 Å². The van der Waals surface area contributed by atoms with Gasteiger partial charge in [-0.05, 0) is 76.5 Å². The van der Waals surface area contributed by atoms with Crippen LogP contribution in [0, 0.1) is 0 Å². The zero-order chi connectivity index (χ0) is 18.7. The molecular weight excluding hydrogens is 370 g/mol. The summed E-state index contributed by atoms with van der Waals surface area (Å²) in [6.07, 6.45) is 0.810. The molecule has 140 valence electrons. The fourth-order valence-corrected chi connectivity index (χ4v) is 6.13. The molecule has 0 unspecified atom stereocenters. The number of thioether (sulfide) groups is 2. The van der Waals surface area contributed by atoms with Gasteiger partial charge in [-0.25, -0.2) is 4.79 Å². The van der Waals surface area contributed by atoms with Crippen LogP contribution < -0.4 is 9.74 Å². The minimum absolute atomic E-state index is 0.309. The summed E-state index contributed by atoms with van der Waals surface area (Å²) in [5.41, 5.74) is 1.40. The van der Waals surface area contributed by atoms with E-state index in [-0.39, 0.29) is 0 Å². The third-order valence-electron chi connectivity index (χ3n) is 3.16. The van der Waals surface area contributed by atoms with Gasteiger partial charge in [-0.1, -0.05) is 0 Å². The smallest absolute Gasteiger partial charge is 0.412 e. The Labute approximate surface area is 160 Å². The average Bonchev–Trinajstić information content (AvgIpc) is 2.46. The first-order chi connectivity index (χ1) is 11.5. The van der Waals surface area contributed by atoms with Crippen molar-refractivity contribution in [3.05, 3.63) is 23.8 Å². The molecule has 0 radical (unpaired) electrons. The van der Waals surface area contributed by atoms with Crippen molar-refractivity contribution in [3.8, 4) is 5.75 Å². The van der Waals surface area contributed by atoms with Crippen LogP contribution in [0.5, 0.6) is 5.75 Å². The Kier molecular flexibility index (Phi) is 6.78. The number of ether oxygens (including phenoxy) is 1. The molecule has 0 aromatic heterocycles. The Hall–Kier alpha value is -0.793. The maximum atomic E-state index is 12.2. The number of anilines is 1. The molecule has 0 spiro atoms. The zero-order valence-electron chi connectivity index (χ0n) is 16.0. The quantitative estimate of drug-likeness (QED) is 0.618. The molecule has 1 heterocycles. The normalized spacial score (nSPS) is 16.4. The van der Waals surface area contributed by atoms with E-state index in [1.165, 1.54) is 6.42 Å². The fourth-order valence-electron chi connectivity index (χ4n) is 2.35. The van der Waals surface area contributed by atoms with Gasteiger partial charge in [0.05, 0.1) is 4.58 Å². The minimum Gasteiger partial charge on any atom is -0.544 e. The minimum atomic E-state index is -1.68. The summed E-state index contributed by atoms with van der Waals surface area (Å²) in [5.74, 6) is 3.17. The summed E-state index contributed by atoms with van der Waals surface area (Å²) >= 11 is 3.85. The third kappa shape index (κ3) is 7.15. The highest BCUT2D eigenvalue weighted by Crippen LogP contribution is 2.47. The van der Waals surface area contributed by atoms with E-state index in [0.29, 0.717) is 4.58 Å². The Morgan fingerprint density at radius 2 is 1.84 bits per heavy atom. The van der Waals surface area contributed by atoms with Gasteiger partial charge in [0.2, 0.25) is 8.32 Å². The molecule has 1 N–H and O–H groups in total. The van der Waals surface area contributed by atoms with Crippen molar-refractivity contribution in [3.63, 3.8) is 0 Å². The van der Waals surface area contributed by atoms with Crippen LogP contribution >= 0.6 is 23.5 Å². The van der Waals surface area contributed by atoms with E-state index in [1.54, 1.807) is 0 Å². The van der Waals surface area contributed by atoms with Crippen LogP contribution in [0.25, 0.3) is 0 Å². The van der Waals surface area contributed by atoms with Gasteiger partial charge in [0.25, 0.3) is 0 Å². The zero-order valence-corrected chi connectivity index (χ0v) is 18.6. The van der Waals surface area contributed by atoms with Gasteiger partial charge in [0.15, 0.2) is 0 Å². The molecule has 1 amide bonds. The molecule has 0 atom stereocenters. The molecule has 2 rings (SSSR count). The van der Waals surface area contributed by atoms with Gasteiger partial charge in [-0.3, -0.25) is 5.32 Å².